The zero-order valence-corrected chi connectivity index (χ0v) is 18.2. The predicted octanol–water partition coefficient (Wildman–Crippen LogP) is 4.37. The van der Waals surface area contributed by atoms with Gasteiger partial charge < -0.3 is 10.0 Å². The molecule has 0 saturated carbocycles. The first kappa shape index (κ1) is 22.3. The molecule has 0 aliphatic carbocycles. The van der Waals surface area contributed by atoms with Gasteiger partial charge in [0, 0.05) is 24.2 Å². The van der Waals surface area contributed by atoms with Crippen LogP contribution in [0.5, 0.6) is 5.75 Å². The van der Waals surface area contributed by atoms with Crippen molar-refractivity contribution in [1.29, 1.82) is 0 Å². The topological polar surface area (TPSA) is 82.0 Å². The number of likely N-dealkylation sites (N-methyl/N-ethyl adjacent to an activating group) is 1. The maximum atomic E-state index is 12.6. The Morgan fingerprint density at radius 2 is 1.77 bits per heavy atom. The first-order valence-corrected chi connectivity index (χ1v) is 10.4. The number of amides is 2. The van der Waals surface area contributed by atoms with Crippen molar-refractivity contribution in [1.82, 2.24) is 10.3 Å². The maximum Gasteiger partial charge on any atom is 0.271 e. The Bertz CT molecular complexity index is 1140. The summed E-state index contributed by atoms with van der Waals surface area (Å²) in [5, 5.41) is 15.5. The van der Waals surface area contributed by atoms with Gasteiger partial charge in [0.2, 0.25) is 5.91 Å². The molecule has 0 bridgehead atoms. The minimum atomic E-state index is -0.441. The Morgan fingerprint density at radius 3 is 2.45 bits per heavy atom. The number of phenolic OH excluding ortho intramolecular Hbond substituents is 1. The molecule has 3 aromatic carbocycles. The van der Waals surface area contributed by atoms with E-state index in [-0.39, 0.29) is 22.2 Å². The summed E-state index contributed by atoms with van der Waals surface area (Å²) in [5.74, 6) is -0.437. The molecule has 160 valence electrons. The highest BCUT2D eigenvalue weighted by Gasteiger charge is 2.13. The van der Waals surface area contributed by atoms with Gasteiger partial charge in [-0.15, -0.1) is 0 Å². The third-order valence-electron chi connectivity index (χ3n) is 5.09. The molecule has 0 aliphatic rings. The normalized spacial score (nSPS) is 11.1. The summed E-state index contributed by atoms with van der Waals surface area (Å²) in [4.78, 5) is 26.6. The minimum absolute atomic E-state index is 0.0900. The fourth-order valence-corrected chi connectivity index (χ4v) is 3.56. The lowest BCUT2D eigenvalue weighted by Crippen LogP contribution is -2.31. The zero-order valence-electron chi connectivity index (χ0n) is 17.4. The van der Waals surface area contributed by atoms with Gasteiger partial charge in [0.25, 0.3) is 5.91 Å². The Balaban J connectivity index is 1.81. The van der Waals surface area contributed by atoms with Crippen LogP contribution in [0.25, 0.3) is 10.8 Å². The number of hydrogen-bond acceptors (Lipinski definition) is 4. The second-order valence-corrected chi connectivity index (χ2v) is 7.37. The van der Waals surface area contributed by atoms with Gasteiger partial charge in [0.05, 0.1) is 17.7 Å². The van der Waals surface area contributed by atoms with E-state index in [0.29, 0.717) is 19.5 Å². The summed E-state index contributed by atoms with van der Waals surface area (Å²) in [7, 11) is 0. The average Bonchev–Trinajstić information content (AvgIpc) is 2.77. The van der Waals surface area contributed by atoms with E-state index in [9.17, 15) is 14.7 Å². The molecule has 3 rings (SSSR count). The minimum Gasteiger partial charge on any atom is -0.506 e. The van der Waals surface area contributed by atoms with E-state index < -0.39 is 5.91 Å². The quantitative estimate of drug-likeness (QED) is 0.425. The van der Waals surface area contributed by atoms with Crippen LogP contribution < -0.4 is 5.43 Å². The monoisotopic (exact) mass is 437 g/mol. The van der Waals surface area contributed by atoms with Crippen LogP contribution in [0.3, 0.4) is 0 Å². The van der Waals surface area contributed by atoms with Crippen molar-refractivity contribution in [3.63, 3.8) is 0 Å². The van der Waals surface area contributed by atoms with Crippen molar-refractivity contribution >= 4 is 40.4 Å². The molecule has 0 saturated heterocycles. The molecule has 2 amide bonds. The molecular formula is C24H24ClN3O3. The van der Waals surface area contributed by atoms with Gasteiger partial charge in [-0.25, -0.2) is 5.43 Å². The van der Waals surface area contributed by atoms with E-state index in [1.807, 2.05) is 55.1 Å². The number of carbonyl (C=O) groups excluding carboxylic acids is 2. The molecule has 0 aliphatic heterocycles. The number of benzene rings is 3. The Morgan fingerprint density at radius 1 is 1.06 bits per heavy atom. The van der Waals surface area contributed by atoms with Crippen LogP contribution in [0.1, 0.15) is 35.3 Å². The largest absolute Gasteiger partial charge is 0.506 e. The number of aromatic hydroxyl groups is 1. The molecule has 0 heterocycles. The Hall–Kier alpha value is -3.38. The predicted molar refractivity (Wildman–Crippen MR) is 124 cm³/mol. The van der Waals surface area contributed by atoms with Crippen LogP contribution >= 0.6 is 11.6 Å². The van der Waals surface area contributed by atoms with Gasteiger partial charge in [-0.3, -0.25) is 9.59 Å². The van der Waals surface area contributed by atoms with E-state index >= 15 is 0 Å². The third-order valence-corrected chi connectivity index (χ3v) is 5.39. The highest BCUT2D eigenvalue weighted by molar-refractivity contribution is 6.32. The third kappa shape index (κ3) is 5.22. The fraction of sp³-hybridized carbons (Fsp3) is 0.208. The van der Waals surface area contributed by atoms with E-state index in [1.165, 1.54) is 18.2 Å². The Labute approximate surface area is 186 Å². The Kier molecular flexibility index (Phi) is 7.26. The zero-order chi connectivity index (χ0) is 22.4. The van der Waals surface area contributed by atoms with Crippen molar-refractivity contribution in [2.24, 2.45) is 5.10 Å². The molecule has 0 fully saturated rings. The molecule has 0 unspecified atom stereocenters. The number of hydrogen-bond donors (Lipinski definition) is 2. The molecule has 6 nitrogen and oxygen atoms in total. The fourth-order valence-electron chi connectivity index (χ4n) is 3.38. The lowest BCUT2D eigenvalue weighted by atomic mass is 9.98. The standard InChI is InChI=1S/C24H24ClN3O3/c1-3-28(4-2)23(30)14-16-9-10-18(20-8-6-5-7-19(16)20)15-26-27-24(31)17-11-12-22(29)21(25)13-17/h5-13,15,29H,3-4,14H2,1-2H3,(H,27,31). The second-order valence-electron chi connectivity index (χ2n) is 6.97. The summed E-state index contributed by atoms with van der Waals surface area (Å²) in [6.45, 7) is 5.31. The first-order chi connectivity index (χ1) is 14.9. The van der Waals surface area contributed by atoms with Gasteiger partial charge in [0.1, 0.15) is 5.75 Å². The summed E-state index contributed by atoms with van der Waals surface area (Å²) < 4.78 is 0. The van der Waals surface area contributed by atoms with Crippen LogP contribution in [-0.4, -0.2) is 41.1 Å². The van der Waals surface area contributed by atoms with Crippen molar-refractivity contribution in [2.45, 2.75) is 20.3 Å². The van der Waals surface area contributed by atoms with Crippen molar-refractivity contribution in [3.05, 3.63) is 76.3 Å². The van der Waals surface area contributed by atoms with E-state index in [4.69, 9.17) is 11.6 Å². The lowest BCUT2D eigenvalue weighted by molar-refractivity contribution is -0.130. The van der Waals surface area contributed by atoms with Crippen LogP contribution in [0.4, 0.5) is 0 Å². The number of halogens is 1. The van der Waals surface area contributed by atoms with Crippen molar-refractivity contribution < 1.29 is 14.7 Å². The number of nitrogens with zero attached hydrogens (tertiary/aromatic N) is 2. The second kappa shape index (κ2) is 10.1. The van der Waals surface area contributed by atoms with Gasteiger partial charge in [0.15, 0.2) is 0 Å². The van der Waals surface area contributed by atoms with E-state index in [2.05, 4.69) is 10.5 Å². The molecule has 3 aromatic rings. The highest BCUT2D eigenvalue weighted by Crippen LogP contribution is 2.24. The molecule has 31 heavy (non-hydrogen) atoms. The highest BCUT2D eigenvalue weighted by atomic mass is 35.5. The maximum absolute atomic E-state index is 12.6. The summed E-state index contributed by atoms with van der Waals surface area (Å²) in [5.41, 5.74) is 4.52. The summed E-state index contributed by atoms with van der Waals surface area (Å²) in [6, 6.07) is 15.8. The van der Waals surface area contributed by atoms with Crippen LogP contribution in [0, 0.1) is 0 Å². The number of fused-ring (bicyclic) bond motifs is 1. The van der Waals surface area contributed by atoms with E-state index in [1.54, 1.807) is 6.21 Å². The van der Waals surface area contributed by atoms with E-state index in [0.717, 1.165) is 21.9 Å². The van der Waals surface area contributed by atoms with Crippen molar-refractivity contribution in [2.75, 3.05) is 13.1 Å². The smallest absolute Gasteiger partial charge is 0.271 e. The molecule has 0 spiro atoms. The summed E-state index contributed by atoms with van der Waals surface area (Å²) in [6.07, 6.45) is 1.90. The van der Waals surface area contributed by atoms with Crippen LogP contribution in [-0.2, 0) is 11.2 Å². The number of hydrazone groups is 1. The van der Waals surface area contributed by atoms with Gasteiger partial charge in [-0.1, -0.05) is 48.0 Å². The van der Waals surface area contributed by atoms with Crippen LogP contribution in [0.2, 0.25) is 5.02 Å². The van der Waals surface area contributed by atoms with Gasteiger partial charge in [-0.2, -0.15) is 5.10 Å². The van der Waals surface area contributed by atoms with Gasteiger partial charge in [-0.05, 0) is 48.4 Å². The molecule has 0 aromatic heterocycles. The molecular weight excluding hydrogens is 414 g/mol. The molecule has 0 radical (unpaired) electrons. The molecule has 2 N–H and O–H groups in total. The lowest BCUT2D eigenvalue weighted by Gasteiger charge is -2.19. The SMILES string of the molecule is CCN(CC)C(=O)Cc1ccc(C=NNC(=O)c2ccc(O)c(Cl)c2)c2ccccc12. The van der Waals surface area contributed by atoms with Crippen molar-refractivity contribution in [3.8, 4) is 5.75 Å². The number of nitrogens with one attached hydrogen (secondary N) is 1. The summed E-state index contributed by atoms with van der Waals surface area (Å²) >= 11 is 5.85. The molecule has 0 atom stereocenters. The number of phenols is 1. The number of carbonyl (C=O) groups is 2. The average molecular weight is 438 g/mol. The number of rotatable bonds is 7. The molecule has 7 heteroatoms. The van der Waals surface area contributed by atoms with Gasteiger partial charge >= 0.3 is 0 Å². The van der Waals surface area contributed by atoms with Crippen LogP contribution in [0.15, 0.2) is 59.7 Å². The first-order valence-electron chi connectivity index (χ1n) is 10.0.